The molecule has 0 saturated heterocycles. The SMILES string of the molecule is CCn1ncnc1CCC(O)C1CC1. The molecule has 0 bridgehead atoms. The van der Waals surface area contributed by atoms with Crippen molar-refractivity contribution in [3.63, 3.8) is 0 Å². The van der Waals surface area contributed by atoms with Crippen molar-refractivity contribution >= 4 is 0 Å². The lowest BCUT2D eigenvalue weighted by Gasteiger charge is -2.08. The van der Waals surface area contributed by atoms with Crippen molar-refractivity contribution in [2.45, 2.75) is 45.3 Å². The molecular weight excluding hydrogens is 178 g/mol. The molecule has 1 aromatic heterocycles. The van der Waals surface area contributed by atoms with Gasteiger partial charge in [-0.2, -0.15) is 5.10 Å². The third-order valence-corrected chi connectivity index (χ3v) is 2.83. The van der Waals surface area contributed by atoms with E-state index < -0.39 is 0 Å². The van der Waals surface area contributed by atoms with Crippen LogP contribution in [0.15, 0.2) is 6.33 Å². The first-order valence-electron chi connectivity index (χ1n) is 5.36. The normalized spacial score (nSPS) is 18.4. The van der Waals surface area contributed by atoms with Gasteiger partial charge in [0, 0.05) is 13.0 Å². The monoisotopic (exact) mass is 195 g/mol. The predicted octanol–water partition coefficient (Wildman–Crippen LogP) is 1.00. The zero-order chi connectivity index (χ0) is 9.97. The van der Waals surface area contributed by atoms with Crippen LogP contribution >= 0.6 is 0 Å². The lowest BCUT2D eigenvalue weighted by molar-refractivity contribution is 0.141. The molecule has 0 aromatic carbocycles. The maximum Gasteiger partial charge on any atom is 0.138 e. The van der Waals surface area contributed by atoms with Crippen molar-refractivity contribution in [2.24, 2.45) is 5.92 Å². The summed E-state index contributed by atoms with van der Waals surface area (Å²) in [5.74, 6) is 1.56. The van der Waals surface area contributed by atoms with Crippen LogP contribution in [0.1, 0.15) is 32.0 Å². The Labute approximate surface area is 84.0 Å². The Bertz CT molecular complexity index is 293. The van der Waals surface area contributed by atoms with Gasteiger partial charge >= 0.3 is 0 Å². The maximum absolute atomic E-state index is 9.69. The van der Waals surface area contributed by atoms with Gasteiger partial charge in [-0.15, -0.1) is 0 Å². The van der Waals surface area contributed by atoms with Crippen molar-refractivity contribution in [3.05, 3.63) is 12.2 Å². The van der Waals surface area contributed by atoms with Crippen molar-refractivity contribution < 1.29 is 5.11 Å². The minimum absolute atomic E-state index is 0.128. The Morgan fingerprint density at radius 1 is 1.64 bits per heavy atom. The van der Waals surface area contributed by atoms with Gasteiger partial charge in [0.05, 0.1) is 6.10 Å². The van der Waals surface area contributed by atoms with Gasteiger partial charge in [-0.1, -0.05) is 0 Å². The number of rotatable bonds is 5. The summed E-state index contributed by atoms with van der Waals surface area (Å²) < 4.78 is 1.89. The predicted molar refractivity (Wildman–Crippen MR) is 52.7 cm³/mol. The molecule has 0 spiro atoms. The number of aryl methyl sites for hydroxylation is 2. The molecule has 1 unspecified atom stereocenters. The number of hydrogen-bond donors (Lipinski definition) is 1. The highest BCUT2D eigenvalue weighted by atomic mass is 16.3. The summed E-state index contributed by atoms with van der Waals surface area (Å²) in [6.45, 7) is 2.91. The number of aliphatic hydroxyl groups excluding tert-OH is 1. The van der Waals surface area contributed by atoms with Crippen LogP contribution in [0.2, 0.25) is 0 Å². The standard InChI is InChI=1S/C10H17N3O/c1-2-13-10(11-7-12-13)6-5-9(14)8-3-4-8/h7-9,14H,2-6H2,1H3. The van der Waals surface area contributed by atoms with Crippen LogP contribution in [0.3, 0.4) is 0 Å². The number of aliphatic hydroxyl groups is 1. The fraction of sp³-hybridized carbons (Fsp3) is 0.800. The van der Waals surface area contributed by atoms with Gasteiger partial charge in [0.25, 0.3) is 0 Å². The molecule has 78 valence electrons. The highest BCUT2D eigenvalue weighted by Gasteiger charge is 2.29. The van der Waals surface area contributed by atoms with Crippen LogP contribution in [0.4, 0.5) is 0 Å². The average Bonchev–Trinajstić information content (AvgIpc) is 2.94. The molecule has 1 N–H and O–H groups in total. The van der Waals surface area contributed by atoms with Crippen molar-refractivity contribution in [2.75, 3.05) is 0 Å². The molecular formula is C10H17N3O. The Balaban J connectivity index is 1.84. The van der Waals surface area contributed by atoms with E-state index in [0.717, 1.165) is 25.2 Å². The first-order chi connectivity index (χ1) is 6.81. The van der Waals surface area contributed by atoms with Crippen LogP contribution in [0, 0.1) is 5.92 Å². The zero-order valence-corrected chi connectivity index (χ0v) is 8.56. The molecule has 0 radical (unpaired) electrons. The summed E-state index contributed by atoms with van der Waals surface area (Å²) in [6, 6.07) is 0. The Hall–Kier alpha value is -0.900. The third-order valence-electron chi connectivity index (χ3n) is 2.83. The molecule has 4 heteroatoms. The lowest BCUT2D eigenvalue weighted by Crippen LogP contribution is -2.12. The van der Waals surface area contributed by atoms with E-state index >= 15 is 0 Å². The zero-order valence-electron chi connectivity index (χ0n) is 8.56. The van der Waals surface area contributed by atoms with Crippen molar-refractivity contribution in [3.8, 4) is 0 Å². The maximum atomic E-state index is 9.69. The van der Waals surface area contributed by atoms with E-state index in [2.05, 4.69) is 17.0 Å². The molecule has 0 aliphatic heterocycles. The lowest BCUT2D eigenvalue weighted by atomic mass is 10.1. The highest BCUT2D eigenvalue weighted by molar-refractivity contribution is 4.88. The van der Waals surface area contributed by atoms with Crippen LogP contribution in [-0.4, -0.2) is 26.0 Å². The number of nitrogens with zero attached hydrogens (tertiary/aromatic N) is 3. The molecule has 4 nitrogen and oxygen atoms in total. The van der Waals surface area contributed by atoms with Gasteiger partial charge < -0.3 is 5.11 Å². The quantitative estimate of drug-likeness (QED) is 0.762. The molecule has 1 atom stereocenters. The van der Waals surface area contributed by atoms with E-state index in [9.17, 15) is 5.11 Å². The van der Waals surface area contributed by atoms with Crippen LogP contribution in [-0.2, 0) is 13.0 Å². The van der Waals surface area contributed by atoms with Gasteiger partial charge in [0.1, 0.15) is 12.2 Å². The van der Waals surface area contributed by atoms with Crippen molar-refractivity contribution in [1.82, 2.24) is 14.8 Å². The average molecular weight is 195 g/mol. The van der Waals surface area contributed by atoms with E-state index in [1.807, 2.05) is 4.68 Å². The molecule has 1 aliphatic carbocycles. The van der Waals surface area contributed by atoms with Gasteiger partial charge in [0.15, 0.2) is 0 Å². The summed E-state index contributed by atoms with van der Waals surface area (Å²) in [5.41, 5.74) is 0. The van der Waals surface area contributed by atoms with Crippen LogP contribution in [0.5, 0.6) is 0 Å². The molecule has 1 heterocycles. The first-order valence-corrected chi connectivity index (χ1v) is 5.36. The third kappa shape index (κ3) is 2.12. The minimum Gasteiger partial charge on any atom is -0.393 e. The van der Waals surface area contributed by atoms with Crippen molar-refractivity contribution in [1.29, 1.82) is 0 Å². The van der Waals surface area contributed by atoms with E-state index in [4.69, 9.17) is 0 Å². The number of aromatic nitrogens is 3. The smallest absolute Gasteiger partial charge is 0.138 e. The summed E-state index contributed by atoms with van der Waals surface area (Å²) >= 11 is 0. The Morgan fingerprint density at radius 3 is 3.07 bits per heavy atom. The van der Waals surface area contributed by atoms with Gasteiger partial charge in [-0.25, -0.2) is 4.98 Å². The highest BCUT2D eigenvalue weighted by Crippen LogP contribution is 2.34. The number of hydrogen-bond acceptors (Lipinski definition) is 3. The van der Waals surface area contributed by atoms with Gasteiger partial charge in [-0.05, 0) is 32.1 Å². The second kappa shape index (κ2) is 4.09. The second-order valence-electron chi connectivity index (χ2n) is 3.94. The second-order valence-corrected chi connectivity index (χ2v) is 3.94. The molecule has 2 rings (SSSR count). The molecule has 1 saturated carbocycles. The van der Waals surface area contributed by atoms with E-state index in [1.165, 1.54) is 12.8 Å². The van der Waals surface area contributed by atoms with Crippen LogP contribution < -0.4 is 0 Å². The summed E-state index contributed by atoms with van der Waals surface area (Å²) in [6.07, 6.45) is 5.51. The molecule has 14 heavy (non-hydrogen) atoms. The van der Waals surface area contributed by atoms with E-state index in [-0.39, 0.29) is 6.10 Å². The summed E-state index contributed by atoms with van der Waals surface area (Å²) in [4.78, 5) is 4.18. The molecule has 1 aliphatic rings. The molecule has 1 fully saturated rings. The fourth-order valence-corrected chi connectivity index (χ4v) is 1.74. The Kier molecular flexibility index (Phi) is 2.82. The largest absolute Gasteiger partial charge is 0.393 e. The topological polar surface area (TPSA) is 50.9 Å². The molecule has 0 amide bonds. The van der Waals surface area contributed by atoms with E-state index in [0.29, 0.717) is 5.92 Å². The summed E-state index contributed by atoms with van der Waals surface area (Å²) in [5, 5.41) is 13.8. The molecule has 1 aromatic rings. The van der Waals surface area contributed by atoms with Gasteiger partial charge in [-0.3, -0.25) is 4.68 Å². The first kappa shape index (κ1) is 9.65. The minimum atomic E-state index is -0.128. The fourth-order valence-electron chi connectivity index (χ4n) is 1.74. The Morgan fingerprint density at radius 2 is 2.43 bits per heavy atom. The van der Waals surface area contributed by atoms with Gasteiger partial charge in [0.2, 0.25) is 0 Å². The summed E-state index contributed by atoms with van der Waals surface area (Å²) in [7, 11) is 0. The van der Waals surface area contributed by atoms with E-state index in [1.54, 1.807) is 6.33 Å². The van der Waals surface area contributed by atoms with Crippen LogP contribution in [0.25, 0.3) is 0 Å².